The second-order valence-corrected chi connectivity index (χ2v) is 6.31. The second-order valence-electron chi connectivity index (χ2n) is 5.94. The van der Waals surface area contributed by atoms with Crippen LogP contribution in [0.15, 0.2) is 64.2 Å². The highest BCUT2D eigenvalue weighted by molar-refractivity contribution is 7.80. The SMILES string of the molecule is CC(=O)OC(=S)c1ccc(C=c2[nH]c(=O)c(=Cc3ccccc3)[nH]c2=O)cc1. The van der Waals surface area contributed by atoms with E-state index >= 15 is 0 Å². The normalized spacial score (nSPS) is 12.0. The molecule has 0 aliphatic rings. The van der Waals surface area contributed by atoms with Gasteiger partial charge in [0.2, 0.25) is 5.05 Å². The fourth-order valence-corrected chi connectivity index (χ4v) is 2.74. The van der Waals surface area contributed by atoms with E-state index in [1.807, 2.05) is 30.3 Å². The van der Waals surface area contributed by atoms with E-state index in [2.05, 4.69) is 9.97 Å². The summed E-state index contributed by atoms with van der Waals surface area (Å²) in [5, 5.41) is 0.382. The van der Waals surface area contributed by atoms with Crippen LogP contribution < -0.4 is 21.8 Å². The van der Waals surface area contributed by atoms with E-state index in [9.17, 15) is 14.4 Å². The fourth-order valence-electron chi connectivity index (χ4n) is 2.48. The lowest BCUT2D eigenvalue weighted by Gasteiger charge is -2.03. The molecule has 6 nitrogen and oxygen atoms in total. The number of nitrogens with one attached hydrogen (secondary N) is 2. The molecule has 28 heavy (non-hydrogen) atoms. The molecule has 7 heteroatoms. The molecule has 0 fully saturated rings. The van der Waals surface area contributed by atoms with Gasteiger partial charge >= 0.3 is 5.97 Å². The van der Waals surface area contributed by atoms with Gasteiger partial charge in [0.05, 0.1) is 0 Å². The van der Waals surface area contributed by atoms with Crippen molar-refractivity contribution < 1.29 is 9.53 Å². The Hall–Kier alpha value is -3.58. The number of carbonyl (C=O) groups is 1. The minimum absolute atomic E-state index is 0.0751. The summed E-state index contributed by atoms with van der Waals surface area (Å²) in [4.78, 5) is 40.8. The van der Waals surface area contributed by atoms with Crippen LogP contribution in [0.2, 0.25) is 0 Å². The third-order valence-corrected chi connectivity index (χ3v) is 4.11. The van der Waals surface area contributed by atoms with Crippen LogP contribution in [-0.4, -0.2) is 21.0 Å². The first-order chi connectivity index (χ1) is 13.4. The predicted octanol–water partition coefficient (Wildman–Crippen LogP) is 0.959. The maximum atomic E-state index is 12.3. The van der Waals surface area contributed by atoms with Gasteiger partial charge in [-0.2, -0.15) is 0 Å². The predicted molar refractivity (Wildman–Crippen MR) is 110 cm³/mol. The Balaban J connectivity index is 1.95. The molecule has 0 radical (unpaired) electrons. The molecule has 0 saturated carbocycles. The Morgan fingerprint density at radius 1 is 0.857 bits per heavy atom. The van der Waals surface area contributed by atoms with Crippen LogP contribution in [0.1, 0.15) is 23.6 Å². The average Bonchev–Trinajstić information content (AvgIpc) is 2.66. The minimum atomic E-state index is -0.489. The van der Waals surface area contributed by atoms with Gasteiger partial charge in [-0.25, -0.2) is 0 Å². The number of aromatic nitrogens is 2. The van der Waals surface area contributed by atoms with Gasteiger partial charge in [-0.1, -0.05) is 42.5 Å². The minimum Gasteiger partial charge on any atom is -0.414 e. The molecule has 1 aromatic heterocycles. The summed E-state index contributed by atoms with van der Waals surface area (Å²) in [6, 6.07) is 16.0. The highest BCUT2D eigenvalue weighted by Gasteiger charge is 2.05. The number of hydrogen-bond donors (Lipinski definition) is 2. The van der Waals surface area contributed by atoms with E-state index < -0.39 is 17.1 Å². The number of carbonyl (C=O) groups excluding carboxylic acids is 1. The van der Waals surface area contributed by atoms with Crippen LogP contribution in [0.4, 0.5) is 0 Å². The van der Waals surface area contributed by atoms with Crippen molar-refractivity contribution in [2.24, 2.45) is 0 Å². The highest BCUT2D eigenvalue weighted by atomic mass is 32.1. The van der Waals surface area contributed by atoms with Gasteiger partial charge in [0.1, 0.15) is 10.7 Å². The molecule has 2 N–H and O–H groups in total. The van der Waals surface area contributed by atoms with Crippen molar-refractivity contribution in [1.29, 1.82) is 0 Å². The standard InChI is InChI=1S/C21H16N2O4S/c1-13(24)27-21(28)16-9-7-15(8-10-16)12-18-20(26)22-17(19(25)23-18)11-14-5-3-2-4-6-14/h2-12H,1H3,(H,22,26)(H,23,25). The van der Waals surface area contributed by atoms with Crippen LogP contribution in [0, 0.1) is 0 Å². The molecule has 0 aliphatic carbocycles. The summed E-state index contributed by atoms with van der Waals surface area (Å²) in [6.45, 7) is 1.27. The number of esters is 1. The zero-order valence-corrected chi connectivity index (χ0v) is 15.7. The Kier molecular flexibility index (Phi) is 5.76. The van der Waals surface area contributed by atoms with E-state index in [-0.39, 0.29) is 15.7 Å². The Labute approximate surface area is 164 Å². The van der Waals surface area contributed by atoms with E-state index in [0.717, 1.165) is 5.56 Å². The molecule has 3 rings (SSSR count). The fraction of sp³-hybridized carbons (Fsp3) is 0.0476. The third-order valence-electron chi connectivity index (χ3n) is 3.79. The van der Waals surface area contributed by atoms with Crippen molar-refractivity contribution >= 4 is 35.4 Å². The topological polar surface area (TPSA) is 92.0 Å². The van der Waals surface area contributed by atoms with Crippen LogP contribution in [-0.2, 0) is 9.53 Å². The summed E-state index contributed by atoms with van der Waals surface area (Å²) < 4.78 is 4.87. The first-order valence-corrected chi connectivity index (χ1v) is 8.77. The molecule has 0 aliphatic heterocycles. The van der Waals surface area contributed by atoms with Crippen molar-refractivity contribution in [3.05, 3.63) is 103 Å². The van der Waals surface area contributed by atoms with Crippen molar-refractivity contribution in [3.63, 3.8) is 0 Å². The molecule has 2 aromatic carbocycles. The van der Waals surface area contributed by atoms with Crippen molar-refractivity contribution in [2.75, 3.05) is 0 Å². The van der Waals surface area contributed by atoms with Crippen molar-refractivity contribution in [1.82, 2.24) is 9.97 Å². The smallest absolute Gasteiger partial charge is 0.308 e. The van der Waals surface area contributed by atoms with Gasteiger partial charge < -0.3 is 14.7 Å². The summed E-state index contributed by atoms with van der Waals surface area (Å²) in [5.41, 5.74) is 1.23. The zero-order valence-electron chi connectivity index (χ0n) is 14.9. The molecule has 140 valence electrons. The van der Waals surface area contributed by atoms with E-state index in [0.29, 0.717) is 11.1 Å². The third kappa shape index (κ3) is 4.77. The monoisotopic (exact) mass is 392 g/mol. The van der Waals surface area contributed by atoms with Crippen molar-refractivity contribution in [2.45, 2.75) is 6.92 Å². The van der Waals surface area contributed by atoms with Gasteiger partial charge in [-0.05, 0) is 47.6 Å². The van der Waals surface area contributed by atoms with Gasteiger partial charge in [-0.3, -0.25) is 14.4 Å². The Morgan fingerprint density at radius 2 is 1.36 bits per heavy atom. The van der Waals surface area contributed by atoms with Gasteiger partial charge in [0.25, 0.3) is 11.1 Å². The maximum absolute atomic E-state index is 12.3. The summed E-state index contributed by atoms with van der Waals surface area (Å²) in [7, 11) is 0. The van der Waals surface area contributed by atoms with Crippen LogP contribution in [0.5, 0.6) is 0 Å². The zero-order chi connectivity index (χ0) is 20.1. The summed E-state index contributed by atoms with van der Waals surface area (Å²) in [6.07, 6.45) is 3.15. The average molecular weight is 392 g/mol. The summed E-state index contributed by atoms with van der Waals surface area (Å²) in [5.74, 6) is -0.489. The largest absolute Gasteiger partial charge is 0.414 e. The number of H-pyrrole nitrogens is 2. The van der Waals surface area contributed by atoms with Gasteiger partial charge in [0.15, 0.2) is 0 Å². The van der Waals surface area contributed by atoms with E-state index in [1.165, 1.54) is 6.92 Å². The van der Waals surface area contributed by atoms with Crippen LogP contribution >= 0.6 is 12.2 Å². The Bertz CT molecular complexity index is 1260. The highest BCUT2D eigenvalue weighted by Crippen LogP contribution is 2.07. The van der Waals surface area contributed by atoms with E-state index in [4.69, 9.17) is 17.0 Å². The number of benzene rings is 2. The number of rotatable bonds is 3. The number of hydrogen-bond acceptors (Lipinski definition) is 5. The first-order valence-electron chi connectivity index (χ1n) is 8.36. The van der Waals surface area contributed by atoms with Crippen LogP contribution in [0.3, 0.4) is 0 Å². The molecule has 0 atom stereocenters. The molecule has 1 heterocycles. The van der Waals surface area contributed by atoms with Crippen LogP contribution in [0.25, 0.3) is 12.2 Å². The molecular formula is C21H16N2O4S. The molecule has 0 saturated heterocycles. The molecular weight excluding hydrogens is 376 g/mol. The van der Waals surface area contributed by atoms with Gasteiger partial charge in [-0.15, -0.1) is 0 Å². The first kappa shape index (κ1) is 19.2. The number of ether oxygens (including phenoxy) is 1. The van der Waals surface area contributed by atoms with E-state index in [1.54, 1.807) is 36.4 Å². The lowest BCUT2D eigenvalue weighted by Crippen LogP contribution is -2.46. The molecule has 0 spiro atoms. The molecule has 0 unspecified atom stereocenters. The molecule has 0 amide bonds. The number of thiocarbonyl (C=S) groups is 1. The quantitative estimate of drug-likeness (QED) is 0.512. The lowest BCUT2D eigenvalue weighted by atomic mass is 10.1. The Morgan fingerprint density at radius 3 is 1.86 bits per heavy atom. The van der Waals surface area contributed by atoms with Crippen molar-refractivity contribution in [3.8, 4) is 0 Å². The summed E-state index contributed by atoms with van der Waals surface area (Å²) >= 11 is 5.02. The molecule has 0 bridgehead atoms. The lowest BCUT2D eigenvalue weighted by molar-refractivity contribution is -0.132. The second kappa shape index (κ2) is 8.41. The molecule has 3 aromatic rings. The maximum Gasteiger partial charge on any atom is 0.308 e. The van der Waals surface area contributed by atoms with Gasteiger partial charge in [0, 0.05) is 12.5 Å². The number of aromatic amines is 2.